The summed E-state index contributed by atoms with van der Waals surface area (Å²) in [6, 6.07) is 17.9. The van der Waals surface area contributed by atoms with Crippen LogP contribution in [0.3, 0.4) is 0 Å². The van der Waals surface area contributed by atoms with Crippen LogP contribution in [-0.4, -0.2) is 74.2 Å². The van der Waals surface area contributed by atoms with Crippen LogP contribution in [0.2, 0.25) is 0 Å². The number of aliphatic hydroxyl groups excluding tert-OH is 2. The number of ether oxygens (including phenoxy) is 5. The number of rotatable bonds is 4. The maximum Gasteiger partial charge on any atom is 0.338 e. The maximum atomic E-state index is 13.7. The Hall–Kier alpha value is -2.89. The molecule has 2 saturated carbocycles. The van der Waals surface area contributed by atoms with E-state index in [4.69, 9.17) is 23.7 Å². The van der Waals surface area contributed by atoms with Gasteiger partial charge in [-0.25, -0.2) is 4.79 Å². The van der Waals surface area contributed by atoms with Gasteiger partial charge < -0.3 is 39.0 Å². The molecule has 3 aliphatic carbocycles. The molecule has 6 aliphatic rings. The smallest absolute Gasteiger partial charge is 0.338 e. The van der Waals surface area contributed by atoms with Gasteiger partial charge in [0.25, 0.3) is 0 Å². The van der Waals surface area contributed by atoms with Gasteiger partial charge in [0.1, 0.15) is 35.6 Å². The number of carbonyl (C=O) groups excluding carboxylic acids is 1. The van der Waals surface area contributed by atoms with Crippen LogP contribution < -0.4 is 0 Å². The van der Waals surface area contributed by atoms with Crippen LogP contribution in [0, 0.1) is 17.8 Å². The standard InChI is InChI=1S/C34H36O9/c1-17(2)32-25(39-28(36)20-12-8-6-9-13-20)19(4)33-22-16-18(3)24(35)31(22,38)29(37)30(5)26(40-30)23(33)27(32)41-34(42-32,43-33)21-14-10-7-11-15-21/h6-16,19,22-27,29,35,37-38H,1H2,2-5H3. The normalized spacial score (nSPS) is 50.2. The van der Waals surface area contributed by atoms with Crippen LogP contribution in [0.5, 0.6) is 0 Å². The van der Waals surface area contributed by atoms with E-state index in [-0.39, 0.29) is 0 Å². The molecular formula is C34H36O9. The molecule has 0 radical (unpaired) electrons. The lowest BCUT2D eigenvalue weighted by atomic mass is 9.53. The molecule has 43 heavy (non-hydrogen) atoms. The zero-order chi connectivity index (χ0) is 30.3. The van der Waals surface area contributed by atoms with Crippen LogP contribution in [-0.2, 0) is 29.7 Å². The number of hydrogen-bond donors (Lipinski definition) is 3. The maximum absolute atomic E-state index is 13.7. The highest BCUT2D eigenvalue weighted by Gasteiger charge is 2.89. The number of hydrogen-bond acceptors (Lipinski definition) is 9. The first-order valence-corrected chi connectivity index (χ1v) is 14.9. The first kappa shape index (κ1) is 27.6. The highest BCUT2D eigenvalue weighted by molar-refractivity contribution is 5.89. The number of carbonyl (C=O) groups is 1. The molecule has 9 heteroatoms. The lowest BCUT2D eigenvalue weighted by Crippen LogP contribution is -2.76. The molecular weight excluding hydrogens is 552 g/mol. The van der Waals surface area contributed by atoms with E-state index < -0.39 is 82.6 Å². The Bertz CT molecular complexity index is 1560. The van der Waals surface area contributed by atoms with E-state index in [9.17, 15) is 20.1 Å². The third-order valence-electron chi connectivity index (χ3n) is 11.3. The lowest BCUT2D eigenvalue weighted by molar-refractivity contribution is -0.442. The fourth-order valence-electron chi connectivity index (χ4n) is 9.19. The first-order valence-electron chi connectivity index (χ1n) is 14.9. The molecule has 3 heterocycles. The quantitative estimate of drug-likeness (QED) is 0.281. The van der Waals surface area contributed by atoms with Crippen molar-refractivity contribution in [3.63, 3.8) is 0 Å². The Kier molecular flexibility index (Phi) is 5.42. The molecule has 8 rings (SSSR count). The number of aliphatic hydroxyl groups is 3. The van der Waals surface area contributed by atoms with Crippen molar-refractivity contribution in [1.29, 1.82) is 0 Å². The van der Waals surface area contributed by atoms with Gasteiger partial charge in [-0.05, 0) is 44.1 Å². The second-order valence-electron chi connectivity index (χ2n) is 13.4. The largest absolute Gasteiger partial charge is 0.455 e. The Morgan fingerprint density at radius 3 is 2.28 bits per heavy atom. The van der Waals surface area contributed by atoms with Gasteiger partial charge in [0, 0.05) is 23.3 Å². The summed E-state index contributed by atoms with van der Waals surface area (Å²) < 4.78 is 33.7. The van der Waals surface area contributed by atoms with E-state index in [0.29, 0.717) is 22.3 Å². The molecule has 226 valence electrons. The molecule has 13 unspecified atom stereocenters. The Morgan fingerprint density at radius 1 is 0.977 bits per heavy atom. The zero-order valence-corrected chi connectivity index (χ0v) is 24.5. The third kappa shape index (κ3) is 3.04. The molecule has 3 bridgehead atoms. The van der Waals surface area contributed by atoms with E-state index in [1.165, 1.54) is 0 Å². The number of epoxide rings is 1. The molecule has 0 amide bonds. The highest BCUT2D eigenvalue weighted by Crippen LogP contribution is 2.74. The number of benzene rings is 2. The molecule has 2 aromatic carbocycles. The molecule has 9 nitrogen and oxygen atoms in total. The van der Waals surface area contributed by atoms with Crippen molar-refractivity contribution in [2.75, 3.05) is 0 Å². The Labute approximate surface area is 249 Å². The van der Waals surface area contributed by atoms with Gasteiger partial charge in [-0.1, -0.05) is 68.1 Å². The minimum Gasteiger partial charge on any atom is -0.455 e. The summed E-state index contributed by atoms with van der Waals surface area (Å²) in [5.74, 6) is -4.51. The fraction of sp³-hybridized carbons (Fsp3) is 0.500. The Morgan fingerprint density at radius 2 is 1.63 bits per heavy atom. The van der Waals surface area contributed by atoms with Crippen molar-refractivity contribution in [3.05, 3.63) is 95.6 Å². The predicted molar refractivity (Wildman–Crippen MR) is 151 cm³/mol. The van der Waals surface area contributed by atoms with E-state index >= 15 is 0 Å². The number of fused-ring (bicyclic) bond motifs is 3. The molecule has 5 fully saturated rings. The number of esters is 1. The topological polar surface area (TPSA) is 127 Å². The SMILES string of the molecule is C=C(C)C12OC3(c4ccccc4)OC1C1C4OC4(C)C(O)C4(O)C(O)C(C)=CC4C1(O3)C(C)C2OC(=O)c1ccccc1. The summed E-state index contributed by atoms with van der Waals surface area (Å²) in [6.45, 7) is 11.5. The zero-order valence-electron chi connectivity index (χ0n) is 24.5. The van der Waals surface area contributed by atoms with Gasteiger partial charge in [-0.3, -0.25) is 0 Å². The van der Waals surface area contributed by atoms with E-state index in [1.54, 1.807) is 44.2 Å². The molecule has 3 saturated heterocycles. The second kappa shape index (κ2) is 8.43. The first-order chi connectivity index (χ1) is 20.4. The summed E-state index contributed by atoms with van der Waals surface area (Å²) in [7, 11) is 0. The molecule has 0 spiro atoms. The average Bonchev–Trinajstić information content (AvgIpc) is 3.55. The van der Waals surface area contributed by atoms with Crippen LogP contribution >= 0.6 is 0 Å². The van der Waals surface area contributed by atoms with Gasteiger partial charge in [0.15, 0.2) is 5.60 Å². The van der Waals surface area contributed by atoms with Gasteiger partial charge in [-0.15, -0.1) is 0 Å². The van der Waals surface area contributed by atoms with E-state index in [1.807, 2.05) is 50.2 Å². The lowest BCUT2D eigenvalue weighted by Gasteiger charge is -2.61. The van der Waals surface area contributed by atoms with Crippen LogP contribution in [0.25, 0.3) is 0 Å². The summed E-state index contributed by atoms with van der Waals surface area (Å²) in [5.41, 5.74) is -4.00. The van der Waals surface area contributed by atoms with Crippen molar-refractivity contribution < 1.29 is 43.8 Å². The summed E-state index contributed by atoms with van der Waals surface area (Å²) >= 11 is 0. The summed E-state index contributed by atoms with van der Waals surface area (Å²) in [5, 5.41) is 35.8. The minimum atomic E-state index is -2.07. The van der Waals surface area contributed by atoms with Crippen LogP contribution in [0.4, 0.5) is 0 Å². The monoisotopic (exact) mass is 588 g/mol. The van der Waals surface area contributed by atoms with Gasteiger partial charge in [0.2, 0.25) is 0 Å². The average molecular weight is 589 g/mol. The predicted octanol–water partition coefficient (Wildman–Crippen LogP) is 2.99. The summed E-state index contributed by atoms with van der Waals surface area (Å²) in [6.07, 6.45) is -3.46. The van der Waals surface area contributed by atoms with Crippen molar-refractivity contribution in [3.8, 4) is 0 Å². The van der Waals surface area contributed by atoms with E-state index in [0.717, 1.165) is 0 Å². The molecule has 13 atom stereocenters. The van der Waals surface area contributed by atoms with Gasteiger partial charge in [0.05, 0.1) is 17.3 Å². The highest BCUT2D eigenvalue weighted by atomic mass is 16.9. The van der Waals surface area contributed by atoms with Gasteiger partial charge in [-0.2, -0.15) is 0 Å². The molecule has 3 aliphatic heterocycles. The molecule has 2 aromatic rings. The van der Waals surface area contributed by atoms with Crippen molar-refractivity contribution in [2.45, 2.75) is 86.6 Å². The van der Waals surface area contributed by atoms with Gasteiger partial charge >= 0.3 is 11.9 Å². The Balaban J connectivity index is 1.40. The summed E-state index contributed by atoms with van der Waals surface area (Å²) in [4.78, 5) is 13.7. The van der Waals surface area contributed by atoms with Crippen LogP contribution in [0.1, 0.15) is 43.6 Å². The van der Waals surface area contributed by atoms with Crippen molar-refractivity contribution in [2.24, 2.45) is 17.8 Å². The second-order valence-corrected chi connectivity index (χ2v) is 13.4. The van der Waals surface area contributed by atoms with Crippen molar-refractivity contribution >= 4 is 5.97 Å². The molecule has 3 N–H and O–H groups in total. The third-order valence-corrected chi connectivity index (χ3v) is 11.3. The van der Waals surface area contributed by atoms with Crippen LogP contribution in [0.15, 0.2) is 84.5 Å². The fourth-order valence-corrected chi connectivity index (χ4v) is 9.19. The van der Waals surface area contributed by atoms with Crippen molar-refractivity contribution in [1.82, 2.24) is 0 Å². The van der Waals surface area contributed by atoms with E-state index in [2.05, 4.69) is 6.58 Å². The minimum absolute atomic E-state index is 0.366. The molecule has 0 aromatic heterocycles.